The molecular formula is C8H15N3O3S. The van der Waals surface area contributed by atoms with Gasteiger partial charge in [-0.25, -0.2) is 0 Å². The summed E-state index contributed by atoms with van der Waals surface area (Å²) in [5.74, 6) is -1.77. The topological polar surface area (TPSA) is 87.3 Å². The summed E-state index contributed by atoms with van der Waals surface area (Å²) in [5.41, 5.74) is 4.13. The molecule has 0 aromatic heterocycles. The van der Waals surface area contributed by atoms with Crippen LogP contribution in [0.2, 0.25) is 0 Å². The minimum atomic E-state index is -0.877. The van der Waals surface area contributed by atoms with E-state index in [1.165, 1.54) is 11.8 Å². The van der Waals surface area contributed by atoms with Crippen molar-refractivity contribution in [2.45, 2.75) is 19.9 Å². The van der Waals surface area contributed by atoms with Crippen molar-refractivity contribution in [3.63, 3.8) is 0 Å². The van der Waals surface area contributed by atoms with Gasteiger partial charge < -0.3 is 5.32 Å². The first-order valence-electron chi connectivity index (χ1n) is 4.36. The molecule has 7 heteroatoms. The third-order valence-electron chi connectivity index (χ3n) is 1.22. The monoisotopic (exact) mass is 233 g/mol. The van der Waals surface area contributed by atoms with Crippen LogP contribution in [-0.2, 0) is 14.4 Å². The maximum absolute atomic E-state index is 11.0. The van der Waals surface area contributed by atoms with Gasteiger partial charge in [-0.15, -0.1) is 0 Å². The Hall–Kier alpha value is -1.24. The normalized spacial score (nSPS) is 9.60. The van der Waals surface area contributed by atoms with E-state index >= 15 is 0 Å². The summed E-state index contributed by atoms with van der Waals surface area (Å²) < 4.78 is 0. The zero-order chi connectivity index (χ0) is 11.8. The van der Waals surface area contributed by atoms with E-state index in [-0.39, 0.29) is 17.7 Å². The average molecular weight is 233 g/mol. The van der Waals surface area contributed by atoms with Crippen LogP contribution >= 0.6 is 11.8 Å². The molecule has 0 fully saturated rings. The molecule has 0 aliphatic heterocycles. The molecule has 0 radical (unpaired) electrons. The van der Waals surface area contributed by atoms with Crippen molar-refractivity contribution in [1.29, 1.82) is 0 Å². The predicted octanol–water partition coefficient (Wildman–Crippen LogP) is -0.979. The molecular weight excluding hydrogens is 218 g/mol. The van der Waals surface area contributed by atoms with Crippen molar-refractivity contribution in [1.82, 2.24) is 16.2 Å². The zero-order valence-corrected chi connectivity index (χ0v) is 9.73. The molecule has 0 bridgehead atoms. The number of carbonyl (C=O) groups excluding carboxylic acids is 3. The van der Waals surface area contributed by atoms with Crippen LogP contribution in [-0.4, -0.2) is 35.8 Å². The van der Waals surface area contributed by atoms with E-state index in [1.807, 2.05) is 5.43 Å². The molecule has 15 heavy (non-hydrogen) atoms. The molecule has 0 unspecified atom stereocenters. The quantitative estimate of drug-likeness (QED) is 0.432. The van der Waals surface area contributed by atoms with Gasteiger partial charge in [0.25, 0.3) is 0 Å². The van der Waals surface area contributed by atoms with Gasteiger partial charge in [-0.3, -0.25) is 25.2 Å². The number of thioether (sulfide) groups is 1. The second-order valence-corrected chi connectivity index (χ2v) is 3.93. The van der Waals surface area contributed by atoms with E-state index in [9.17, 15) is 14.4 Å². The summed E-state index contributed by atoms with van der Waals surface area (Å²) in [6.07, 6.45) is 1.76. The lowest BCUT2D eigenvalue weighted by atomic mass is 10.4. The van der Waals surface area contributed by atoms with Gasteiger partial charge in [-0.1, -0.05) is 0 Å². The number of amides is 3. The fraction of sp³-hybridized carbons (Fsp3) is 0.625. The van der Waals surface area contributed by atoms with Crippen LogP contribution in [0.15, 0.2) is 0 Å². The Bertz CT molecular complexity index is 256. The fourth-order valence-electron chi connectivity index (χ4n) is 0.678. The van der Waals surface area contributed by atoms with E-state index in [0.29, 0.717) is 0 Å². The van der Waals surface area contributed by atoms with Gasteiger partial charge in [0.2, 0.25) is 5.91 Å². The maximum Gasteiger partial charge on any atom is 0.327 e. The largest absolute Gasteiger partial charge is 0.346 e. The van der Waals surface area contributed by atoms with E-state index in [2.05, 4.69) is 10.7 Å². The Kier molecular flexibility index (Phi) is 6.52. The standard InChI is InChI=1S/C8H15N3O3S/c1-5(2)9-7(13)8(14)11-10-6(12)4-15-3/h5H,4H2,1-3H3,(H,9,13)(H,10,12)(H,11,14). The molecule has 3 amide bonds. The molecule has 0 aromatic carbocycles. The van der Waals surface area contributed by atoms with E-state index in [4.69, 9.17) is 0 Å². The Morgan fingerprint density at radius 3 is 2.20 bits per heavy atom. The van der Waals surface area contributed by atoms with E-state index < -0.39 is 11.8 Å². The Balaban J connectivity index is 3.83. The number of carbonyl (C=O) groups is 3. The van der Waals surface area contributed by atoms with E-state index in [0.717, 1.165) is 0 Å². The fourth-order valence-corrected chi connectivity index (χ4v) is 1.01. The highest BCUT2D eigenvalue weighted by molar-refractivity contribution is 7.99. The summed E-state index contributed by atoms with van der Waals surface area (Å²) in [4.78, 5) is 33.0. The number of nitrogens with one attached hydrogen (secondary N) is 3. The summed E-state index contributed by atoms with van der Waals surface area (Å²) in [6, 6.07) is -0.120. The van der Waals surface area contributed by atoms with Crippen molar-refractivity contribution in [2.75, 3.05) is 12.0 Å². The van der Waals surface area contributed by atoms with Gasteiger partial charge in [0.05, 0.1) is 5.75 Å². The molecule has 0 aliphatic rings. The molecule has 0 rings (SSSR count). The van der Waals surface area contributed by atoms with Crippen LogP contribution in [0.5, 0.6) is 0 Å². The van der Waals surface area contributed by atoms with Crippen LogP contribution in [0.3, 0.4) is 0 Å². The molecule has 0 heterocycles. The SMILES string of the molecule is CSCC(=O)NNC(=O)C(=O)NC(C)C. The average Bonchev–Trinajstić information content (AvgIpc) is 2.13. The van der Waals surface area contributed by atoms with Gasteiger partial charge >= 0.3 is 11.8 Å². The first kappa shape index (κ1) is 13.8. The Labute approximate surface area is 92.5 Å². The van der Waals surface area contributed by atoms with Crippen LogP contribution < -0.4 is 16.2 Å². The highest BCUT2D eigenvalue weighted by Crippen LogP contribution is 1.87. The Morgan fingerprint density at radius 1 is 1.13 bits per heavy atom. The minimum Gasteiger partial charge on any atom is -0.346 e. The molecule has 0 spiro atoms. The minimum absolute atomic E-state index is 0.120. The molecule has 6 nitrogen and oxygen atoms in total. The van der Waals surface area contributed by atoms with Gasteiger partial charge in [0.1, 0.15) is 0 Å². The summed E-state index contributed by atoms with van der Waals surface area (Å²) in [7, 11) is 0. The smallest absolute Gasteiger partial charge is 0.327 e. The predicted molar refractivity (Wildman–Crippen MR) is 57.9 cm³/mol. The van der Waals surface area contributed by atoms with Crippen molar-refractivity contribution in [3.05, 3.63) is 0 Å². The summed E-state index contributed by atoms with van der Waals surface area (Å²) in [5, 5.41) is 2.39. The lowest BCUT2D eigenvalue weighted by Gasteiger charge is -2.09. The molecule has 0 aliphatic carbocycles. The summed E-state index contributed by atoms with van der Waals surface area (Å²) >= 11 is 1.32. The van der Waals surface area contributed by atoms with Gasteiger partial charge in [0.15, 0.2) is 0 Å². The number of hydrazine groups is 1. The van der Waals surface area contributed by atoms with Crippen molar-refractivity contribution >= 4 is 29.5 Å². The van der Waals surface area contributed by atoms with Crippen molar-refractivity contribution in [2.24, 2.45) is 0 Å². The lowest BCUT2D eigenvalue weighted by molar-refractivity contribution is -0.141. The lowest BCUT2D eigenvalue weighted by Crippen LogP contribution is -2.50. The molecule has 3 N–H and O–H groups in total. The van der Waals surface area contributed by atoms with Crippen LogP contribution in [0.1, 0.15) is 13.8 Å². The van der Waals surface area contributed by atoms with Crippen LogP contribution in [0.4, 0.5) is 0 Å². The van der Waals surface area contributed by atoms with Gasteiger partial charge in [-0.2, -0.15) is 11.8 Å². The summed E-state index contributed by atoms with van der Waals surface area (Å²) in [6.45, 7) is 3.47. The van der Waals surface area contributed by atoms with Crippen molar-refractivity contribution < 1.29 is 14.4 Å². The molecule has 0 atom stereocenters. The third-order valence-corrected chi connectivity index (χ3v) is 1.77. The number of rotatable bonds is 3. The highest BCUT2D eigenvalue weighted by atomic mass is 32.2. The van der Waals surface area contributed by atoms with Gasteiger partial charge in [-0.05, 0) is 20.1 Å². The number of hydrogen-bond donors (Lipinski definition) is 3. The second-order valence-electron chi connectivity index (χ2n) is 3.06. The third kappa shape index (κ3) is 6.78. The molecule has 0 saturated heterocycles. The van der Waals surface area contributed by atoms with Crippen molar-refractivity contribution in [3.8, 4) is 0 Å². The first-order valence-corrected chi connectivity index (χ1v) is 5.75. The zero-order valence-electron chi connectivity index (χ0n) is 8.92. The molecule has 86 valence electrons. The Morgan fingerprint density at radius 2 is 1.73 bits per heavy atom. The van der Waals surface area contributed by atoms with Gasteiger partial charge in [0, 0.05) is 6.04 Å². The van der Waals surface area contributed by atoms with Crippen LogP contribution in [0.25, 0.3) is 0 Å². The van der Waals surface area contributed by atoms with Crippen LogP contribution in [0, 0.1) is 0 Å². The number of hydrogen-bond acceptors (Lipinski definition) is 4. The highest BCUT2D eigenvalue weighted by Gasteiger charge is 2.14. The maximum atomic E-state index is 11.0. The first-order chi connectivity index (χ1) is 6.97. The second kappa shape index (κ2) is 7.10. The molecule has 0 saturated carbocycles. The van der Waals surface area contributed by atoms with E-state index in [1.54, 1.807) is 20.1 Å². The molecule has 0 aromatic rings.